The van der Waals surface area contributed by atoms with Gasteiger partial charge in [-0.15, -0.1) is 0 Å². The van der Waals surface area contributed by atoms with Gasteiger partial charge in [0.1, 0.15) is 11.6 Å². The Morgan fingerprint density at radius 1 is 1.21 bits per heavy atom. The Balaban J connectivity index is 2.73. The van der Waals surface area contributed by atoms with Crippen LogP contribution in [0, 0.1) is 23.7 Å². The molecule has 2 amide bonds. The fraction of sp³-hybridized carbons (Fsp3) is 0.722. The van der Waals surface area contributed by atoms with Crippen molar-refractivity contribution in [2.24, 2.45) is 11.8 Å². The number of hydrogen-bond acceptors (Lipinski definition) is 4. The first kappa shape index (κ1) is 20.0. The van der Waals surface area contributed by atoms with Crippen LogP contribution in [0.3, 0.4) is 0 Å². The second-order valence-electron chi connectivity index (χ2n) is 7.45. The molecule has 6 nitrogen and oxygen atoms in total. The normalized spacial score (nSPS) is 15.9. The van der Waals surface area contributed by atoms with Crippen LogP contribution in [0.1, 0.15) is 41.5 Å². The molecule has 0 radical (unpaired) electrons. The molecule has 1 aliphatic heterocycles. The molecule has 0 bridgehead atoms. The maximum atomic E-state index is 12.6. The van der Waals surface area contributed by atoms with Gasteiger partial charge in [-0.3, -0.25) is 9.59 Å². The predicted molar refractivity (Wildman–Crippen MR) is 90.8 cm³/mol. The molecule has 1 aliphatic rings. The molecule has 0 N–H and O–H groups in total. The van der Waals surface area contributed by atoms with Gasteiger partial charge in [-0.25, -0.2) is 4.79 Å². The first-order valence-electron chi connectivity index (χ1n) is 8.19. The number of likely N-dealkylation sites (tertiary alicyclic amines) is 1. The van der Waals surface area contributed by atoms with E-state index in [1.54, 1.807) is 34.7 Å². The Hall–Kier alpha value is -2.03. The topological polar surface area (TPSA) is 66.9 Å². The van der Waals surface area contributed by atoms with Gasteiger partial charge < -0.3 is 14.5 Å². The molecule has 134 valence electrons. The van der Waals surface area contributed by atoms with Crippen LogP contribution in [0.15, 0.2) is 0 Å². The molecule has 0 aromatic heterocycles. The lowest BCUT2D eigenvalue weighted by atomic mass is 9.95. The Labute approximate surface area is 144 Å². The quantitative estimate of drug-likeness (QED) is 0.573. The summed E-state index contributed by atoms with van der Waals surface area (Å²) in [7, 11) is 1.62. The van der Waals surface area contributed by atoms with E-state index in [4.69, 9.17) is 4.74 Å². The molecule has 1 unspecified atom stereocenters. The summed E-state index contributed by atoms with van der Waals surface area (Å²) >= 11 is 0. The van der Waals surface area contributed by atoms with Crippen LogP contribution in [0.5, 0.6) is 0 Å². The molecule has 0 aromatic carbocycles. The second kappa shape index (κ2) is 7.69. The standard InChI is InChI=1S/C18H28N2O4/c1-8-9-14(21)20-10-13(11-20)16(22)19(7)15(12(2)3)17(23)24-18(4,5)6/h12-13,15H,10-11H2,1-7H3. The van der Waals surface area contributed by atoms with Gasteiger partial charge in [0.2, 0.25) is 5.91 Å². The Bertz CT molecular complexity index is 560. The lowest BCUT2D eigenvalue weighted by Crippen LogP contribution is -2.58. The van der Waals surface area contributed by atoms with E-state index in [1.165, 1.54) is 9.80 Å². The molecular formula is C18H28N2O4. The van der Waals surface area contributed by atoms with Crippen molar-refractivity contribution in [3.8, 4) is 11.8 Å². The number of rotatable bonds is 4. The molecule has 0 saturated carbocycles. The number of carbonyl (C=O) groups is 3. The molecule has 1 heterocycles. The van der Waals surface area contributed by atoms with Crippen molar-refractivity contribution in [3.05, 3.63) is 0 Å². The maximum Gasteiger partial charge on any atom is 0.329 e. The Kier molecular flexibility index (Phi) is 6.42. The van der Waals surface area contributed by atoms with Gasteiger partial charge in [0.25, 0.3) is 5.91 Å². The van der Waals surface area contributed by atoms with Crippen molar-refractivity contribution < 1.29 is 19.1 Å². The van der Waals surface area contributed by atoms with Crippen molar-refractivity contribution >= 4 is 17.8 Å². The molecule has 0 aliphatic carbocycles. The van der Waals surface area contributed by atoms with E-state index < -0.39 is 17.6 Å². The molecule has 1 rings (SSSR count). The highest BCUT2D eigenvalue weighted by Gasteiger charge is 2.41. The third-order valence-electron chi connectivity index (χ3n) is 3.79. The van der Waals surface area contributed by atoms with E-state index in [0.29, 0.717) is 13.1 Å². The molecule has 24 heavy (non-hydrogen) atoms. The summed E-state index contributed by atoms with van der Waals surface area (Å²) in [4.78, 5) is 39.7. The van der Waals surface area contributed by atoms with Crippen LogP contribution in [-0.2, 0) is 19.1 Å². The molecule has 0 aromatic rings. The lowest BCUT2D eigenvalue weighted by Gasteiger charge is -2.41. The maximum absolute atomic E-state index is 12.6. The molecule has 1 fully saturated rings. The van der Waals surface area contributed by atoms with Crippen molar-refractivity contribution in [1.29, 1.82) is 0 Å². The smallest absolute Gasteiger partial charge is 0.329 e. The summed E-state index contributed by atoms with van der Waals surface area (Å²) in [6.45, 7) is 11.4. The first-order valence-corrected chi connectivity index (χ1v) is 8.19. The number of amides is 2. The van der Waals surface area contributed by atoms with Crippen LogP contribution in [0.25, 0.3) is 0 Å². The van der Waals surface area contributed by atoms with Crippen molar-refractivity contribution in [2.75, 3.05) is 20.1 Å². The van der Waals surface area contributed by atoms with E-state index in [0.717, 1.165) is 0 Å². The van der Waals surface area contributed by atoms with E-state index >= 15 is 0 Å². The zero-order valence-corrected chi connectivity index (χ0v) is 15.7. The number of carbonyl (C=O) groups excluding carboxylic acids is 3. The fourth-order valence-electron chi connectivity index (χ4n) is 2.65. The number of likely N-dealkylation sites (N-methyl/N-ethyl adjacent to an activating group) is 1. The summed E-state index contributed by atoms with van der Waals surface area (Å²) in [5.41, 5.74) is -0.605. The summed E-state index contributed by atoms with van der Waals surface area (Å²) in [5, 5.41) is 0. The highest BCUT2D eigenvalue weighted by molar-refractivity contribution is 5.95. The summed E-state index contributed by atoms with van der Waals surface area (Å²) in [5.74, 6) is 3.84. The van der Waals surface area contributed by atoms with Gasteiger partial charge in [0.05, 0.1) is 5.92 Å². The third-order valence-corrected chi connectivity index (χ3v) is 3.79. The van der Waals surface area contributed by atoms with Gasteiger partial charge in [-0.1, -0.05) is 19.8 Å². The SMILES string of the molecule is CC#CC(=O)N1CC(C(=O)N(C)C(C(=O)OC(C)(C)C)C(C)C)C1. The second-order valence-corrected chi connectivity index (χ2v) is 7.45. The average Bonchev–Trinajstić information content (AvgIpc) is 2.34. The number of ether oxygens (including phenoxy) is 1. The predicted octanol–water partition coefficient (Wildman–Crippen LogP) is 1.29. The Morgan fingerprint density at radius 3 is 2.17 bits per heavy atom. The van der Waals surface area contributed by atoms with Gasteiger partial charge in [0, 0.05) is 20.1 Å². The Morgan fingerprint density at radius 2 is 1.75 bits per heavy atom. The van der Waals surface area contributed by atoms with Crippen LogP contribution in [0.2, 0.25) is 0 Å². The first-order chi connectivity index (χ1) is 11.0. The van der Waals surface area contributed by atoms with E-state index in [2.05, 4.69) is 11.8 Å². The molecular weight excluding hydrogens is 308 g/mol. The van der Waals surface area contributed by atoms with Crippen LogP contribution in [-0.4, -0.2) is 59.4 Å². The zero-order valence-electron chi connectivity index (χ0n) is 15.7. The largest absolute Gasteiger partial charge is 0.458 e. The van der Waals surface area contributed by atoms with Gasteiger partial charge >= 0.3 is 5.97 Å². The summed E-state index contributed by atoms with van der Waals surface area (Å²) in [6, 6.07) is -0.642. The number of nitrogens with zero attached hydrogens (tertiary/aromatic N) is 2. The molecule has 1 atom stereocenters. The highest BCUT2D eigenvalue weighted by atomic mass is 16.6. The molecule has 0 spiro atoms. The third kappa shape index (κ3) is 4.98. The van der Waals surface area contributed by atoms with E-state index in [-0.39, 0.29) is 23.7 Å². The van der Waals surface area contributed by atoms with Crippen molar-refractivity contribution in [3.63, 3.8) is 0 Å². The molecule has 1 saturated heterocycles. The van der Waals surface area contributed by atoms with Crippen LogP contribution in [0.4, 0.5) is 0 Å². The number of hydrogen-bond donors (Lipinski definition) is 0. The van der Waals surface area contributed by atoms with Crippen LogP contribution < -0.4 is 0 Å². The minimum absolute atomic E-state index is 0.0717. The van der Waals surface area contributed by atoms with E-state index in [1.807, 2.05) is 13.8 Å². The van der Waals surface area contributed by atoms with Gasteiger partial charge in [0.15, 0.2) is 0 Å². The minimum atomic E-state index is -0.642. The monoisotopic (exact) mass is 336 g/mol. The van der Waals surface area contributed by atoms with Crippen molar-refractivity contribution in [2.45, 2.75) is 53.2 Å². The van der Waals surface area contributed by atoms with E-state index in [9.17, 15) is 14.4 Å². The average molecular weight is 336 g/mol. The minimum Gasteiger partial charge on any atom is -0.458 e. The summed E-state index contributed by atoms with van der Waals surface area (Å²) < 4.78 is 5.44. The van der Waals surface area contributed by atoms with Gasteiger partial charge in [-0.05, 0) is 39.5 Å². The molecule has 6 heteroatoms. The lowest BCUT2D eigenvalue weighted by molar-refractivity contribution is -0.168. The van der Waals surface area contributed by atoms with Crippen LogP contribution >= 0.6 is 0 Å². The highest BCUT2D eigenvalue weighted by Crippen LogP contribution is 2.22. The fourth-order valence-corrected chi connectivity index (χ4v) is 2.65. The number of esters is 1. The summed E-state index contributed by atoms with van der Waals surface area (Å²) in [6.07, 6.45) is 0. The van der Waals surface area contributed by atoms with Crippen molar-refractivity contribution in [1.82, 2.24) is 9.80 Å². The zero-order chi connectivity index (χ0) is 18.7. The van der Waals surface area contributed by atoms with Gasteiger partial charge in [-0.2, -0.15) is 0 Å².